The number of benzene rings is 1. The zero-order valence-corrected chi connectivity index (χ0v) is 10.7. The van der Waals surface area contributed by atoms with Crippen LogP contribution in [0.3, 0.4) is 0 Å². The summed E-state index contributed by atoms with van der Waals surface area (Å²) < 4.78 is 5.12. The highest BCUT2D eigenvalue weighted by atomic mass is 32.1. The van der Waals surface area contributed by atoms with Crippen LogP contribution in [0.15, 0.2) is 29.4 Å². The fraction of sp³-hybridized carbons (Fsp3) is 0.182. The standard InChI is InChI=1S/C11H14N4O2S/c1-13-11(18)15-14-6-8-2-4-9(5-3-8)17-7-10(12)16/h2-6H,7H2,1H3,(H2,12,16)(H2,13,15,18)/b14-6+. The van der Waals surface area contributed by atoms with Crippen molar-refractivity contribution >= 4 is 29.5 Å². The number of nitrogens with two attached hydrogens (primary N) is 1. The third-order valence-corrected chi connectivity index (χ3v) is 2.16. The Hall–Kier alpha value is -2.15. The second-order valence-electron chi connectivity index (χ2n) is 3.27. The van der Waals surface area contributed by atoms with E-state index in [9.17, 15) is 4.79 Å². The highest BCUT2D eigenvalue weighted by Crippen LogP contribution is 2.10. The molecule has 0 aliphatic rings. The molecule has 0 fully saturated rings. The number of nitrogens with one attached hydrogen (secondary N) is 2. The molecule has 0 heterocycles. The Kier molecular flexibility index (Phi) is 5.59. The predicted octanol–water partition coefficient (Wildman–Crippen LogP) is -0.0215. The van der Waals surface area contributed by atoms with E-state index in [0.29, 0.717) is 10.9 Å². The summed E-state index contributed by atoms with van der Waals surface area (Å²) in [6, 6.07) is 7.04. The monoisotopic (exact) mass is 266 g/mol. The zero-order valence-electron chi connectivity index (χ0n) is 9.84. The molecule has 0 aromatic heterocycles. The van der Waals surface area contributed by atoms with Crippen molar-refractivity contribution in [3.8, 4) is 5.75 Å². The number of thiocarbonyl (C=S) groups is 1. The molecular weight excluding hydrogens is 252 g/mol. The van der Waals surface area contributed by atoms with Gasteiger partial charge in [0.1, 0.15) is 5.75 Å². The molecule has 0 aliphatic carbocycles. The molecule has 6 nitrogen and oxygen atoms in total. The van der Waals surface area contributed by atoms with Crippen molar-refractivity contribution in [2.45, 2.75) is 0 Å². The molecule has 18 heavy (non-hydrogen) atoms. The Morgan fingerprint density at radius 2 is 2.17 bits per heavy atom. The minimum Gasteiger partial charge on any atom is -0.484 e. The van der Waals surface area contributed by atoms with Gasteiger partial charge in [0.2, 0.25) is 0 Å². The van der Waals surface area contributed by atoms with Crippen molar-refractivity contribution in [3.05, 3.63) is 29.8 Å². The first kappa shape index (κ1) is 13.9. The van der Waals surface area contributed by atoms with E-state index in [0.717, 1.165) is 5.56 Å². The van der Waals surface area contributed by atoms with Gasteiger partial charge in [-0.05, 0) is 42.0 Å². The lowest BCUT2D eigenvalue weighted by Gasteiger charge is -2.03. The third-order valence-electron chi connectivity index (χ3n) is 1.87. The number of hydrogen-bond acceptors (Lipinski definition) is 4. The lowest BCUT2D eigenvalue weighted by atomic mass is 10.2. The zero-order chi connectivity index (χ0) is 13.4. The maximum atomic E-state index is 10.5. The minimum absolute atomic E-state index is 0.134. The number of hydrogen-bond donors (Lipinski definition) is 3. The van der Waals surface area contributed by atoms with E-state index < -0.39 is 5.91 Å². The van der Waals surface area contributed by atoms with Gasteiger partial charge in [-0.2, -0.15) is 5.10 Å². The van der Waals surface area contributed by atoms with Crippen LogP contribution in [0.2, 0.25) is 0 Å². The molecule has 0 unspecified atom stereocenters. The Morgan fingerprint density at radius 1 is 1.50 bits per heavy atom. The third kappa shape index (κ3) is 5.26. The summed E-state index contributed by atoms with van der Waals surface area (Å²) in [4.78, 5) is 10.5. The van der Waals surface area contributed by atoms with E-state index in [-0.39, 0.29) is 6.61 Å². The molecule has 1 rings (SSSR count). The molecule has 4 N–H and O–H groups in total. The van der Waals surface area contributed by atoms with E-state index >= 15 is 0 Å². The Bertz CT molecular complexity index is 445. The fourth-order valence-electron chi connectivity index (χ4n) is 1.03. The lowest BCUT2D eigenvalue weighted by molar-refractivity contribution is -0.119. The summed E-state index contributed by atoms with van der Waals surface area (Å²) in [7, 11) is 1.70. The largest absolute Gasteiger partial charge is 0.484 e. The van der Waals surface area contributed by atoms with Crippen LogP contribution in [0.25, 0.3) is 0 Å². The Labute approximate surface area is 110 Å². The number of carbonyl (C=O) groups excluding carboxylic acids is 1. The summed E-state index contributed by atoms with van der Waals surface area (Å²) in [6.07, 6.45) is 1.61. The van der Waals surface area contributed by atoms with Gasteiger partial charge in [0.05, 0.1) is 6.21 Å². The molecule has 0 radical (unpaired) electrons. The van der Waals surface area contributed by atoms with Gasteiger partial charge in [-0.15, -0.1) is 0 Å². The van der Waals surface area contributed by atoms with Gasteiger partial charge in [-0.1, -0.05) is 0 Å². The van der Waals surface area contributed by atoms with E-state index in [1.165, 1.54) is 0 Å². The predicted molar refractivity (Wildman–Crippen MR) is 73.5 cm³/mol. The summed E-state index contributed by atoms with van der Waals surface area (Å²) in [6.45, 7) is -0.134. The van der Waals surface area contributed by atoms with E-state index in [1.807, 2.05) is 0 Å². The van der Waals surface area contributed by atoms with Gasteiger partial charge in [-0.25, -0.2) is 0 Å². The molecule has 0 saturated heterocycles. The first-order valence-corrected chi connectivity index (χ1v) is 5.54. The highest BCUT2D eigenvalue weighted by Gasteiger charge is 1.97. The van der Waals surface area contributed by atoms with Gasteiger partial charge < -0.3 is 15.8 Å². The van der Waals surface area contributed by atoms with Crippen molar-refractivity contribution in [2.75, 3.05) is 13.7 Å². The average molecular weight is 266 g/mol. The van der Waals surface area contributed by atoms with Crippen LogP contribution in [-0.4, -0.2) is 30.9 Å². The number of ether oxygens (including phenoxy) is 1. The molecule has 7 heteroatoms. The highest BCUT2D eigenvalue weighted by molar-refractivity contribution is 7.80. The molecule has 1 aromatic rings. The lowest BCUT2D eigenvalue weighted by Crippen LogP contribution is -2.28. The SMILES string of the molecule is CNC(=S)N/N=C/c1ccc(OCC(N)=O)cc1. The van der Waals surface area contributed by atoms with Crippen molar-refractivity contribution in [1.29, 1.82) is 0 Å². The number of nitrogens with zero attached hydrogens (tertiary/aromatic N) is 1. The van der Waals surface area contributed by atoms with Crippen molar-refractivity contribution in [3.63, 3.8) is 0 Å². The number of carbonyl (C=O) groups is 1. The minimum atomic E-state index is -0.509. The van der Waals surface area contributed by atoms with Crippen LogP contribution in [0.1, 0.15) is 5.56 Å². The molecule has 0 atom stereocenters. The summed E-state index contributed by atoms with van der Waals surface area (Å²) >= 11 is 4.85. The Morgan fingerprint density at radius 3 is 2.72 bits per heavy atom. The summed E-state index contributed by atoms with van der Waals surface area (Å²) in [5.74, 6) is 0.0649. The molecular formula is C11H14N4O2S. The summed E-state index contributed by atoms with van der Waals surface area (Å²) in [5, 5.41) is 7.09. The van der Waals surface area contributed by atoms with Crippen LogP contribution in [0.4, 0.5) is 0 Å². The number of primary amides is 1. The number of rotatable bonds is 5. The van der Waals surface area contributed by atoms with Gasteiger partial charge in [0.15, 0.2) is 11.7 Å². The molecule has 0 aliphatic heterocycles. The van der Waals surface area contributed by atoms with Crippen LogP contribution in [0.5, 0.6) is 5.75 Å². The van der Waals surface area contributed by atoms with Crippen molar-refractivity contribution in [2.24, 2.45) is 10.8 Å². The molecule has 1 amide bonds. The quantitative estimate of drug-likeness (QED) is 0.396. The first-order chi connectivity index (χ1) is 8.61. The van der Waals surface area contributed by atoms with E-state index in [4.69, 9.17) is 22.7 Å². The number of amides is 1. The van der Waals surface area contributed by atoms with Gasteiger partial charge in [-0.3, -0.25) is 10.2 Å². The van der Waals surface area contributed by atoms with Gasteiger partial charge >= 0.3 is 0 Å². The molecule has 0 bridgehead atoms. The smallest absolute Gasteiger partial charge is 0.255 e. The second kappa shape index (κ2) is 7.23. The van der Waals surface area contributed by atoms with E-state index in [2.05, 4.69) is 15.8 Å². The normalized spacial score (nSPS) is 10.1. The fourth-order valence-corrected chi connectivity index (χ4v) is 1.08. The maximum absolute atomic E-state index is 10.5. The number of hydrazone groups is 1. The van der Waals surface area contributed by atoms with Crippen molar-refractivity contribution in [1.82, 2.24) is 10.7 Å². The summed E-state index contributed by atoms with van der Waals surface area (Å²) in [5.41, 5.74) is 8.47. The molecule has 0 saturated carbocycles. The molecule has 1 aromatic carbocycles. The molecule has 0 spiro atoms. The van der Waals surface area contributed by atoms with Crippen LogP contribution in [0, 0.1) is 0 Å². The van der Waals surface area contributed by atoms with Crippen molar-refractivity contribution < 1.29 is 9.53 Å². The van der Waals surface area contributed by atoms with Crippen LogP contribution < -0.4 is 21.2 Å². The average Bonchev–Trinajstić information content (AvgIpc) is 2.37. The topological polar surface area (TPSA) is 88.7 Å². The van der Waals surface area contributed by atoms with Crippen LogP contribution >= 0.6 is 12.2 Å². The second-order valence-corrected chi connectivity index (χ2v) is 3.68. The van der Waals surface area contributed by atoms with E-state index in [1.54, 1.807) is 37.5 Å². The first-order valence-electron chi connectivity index (χ1n) is 5.14. The Balaban J connectivity index is 2.49. The molecule has 96 valence electrons. The maximum Gasteiger partial charge on any atom is 0.255 e. The van der Waals surface area contributed by atoms with Crippen LogP contribution in [-0.2, 0) is 4.79 Å². The van der Waals surface area contributed by atoms with Gasteiger partial charge in [0, 0.05) is 7.05 Å². The van der Waals surface area contributed by atoms with Gasteiger partial charge in [0.25, 0.3) is 5.91 Å².